The highest BCUT2D eigenvalue weighted by Crippen LogP contribution is 2.40. The van der Waals surface area contributed by atoms with E-state index in [9.17, 15) is 4.79 Å². The second-order valence-corrected chi connectivity index (χ2v) is 8.43. The zero-order valence-electron chi connectivity index (χ0n) is 16.9. The summed E-state index contributed by atoms with van der Waals surface area (Å²) in [5.41, 5.74) is 4.86. The van der Waals surface area contributed by atoms with Crippen LogP contribution in [0.15, 0.2) is 66.7 Å². The van der Waals surface area contributed by atoms with Crippen molar-refractivity contribution < 1.29 is 9.53 Å². The van der Waals surface area contributed by atoms with Crippen LogP contribution in [0, 0.1) is 0 Å². The van der Waals surface area contributed by atoms with E-state index in [1.165, 1.54) is 10.9 Å². The van der Waals surface area contributed by atoms with Crippen LogP contribution in [0.4, 0.5) is 0 Å². The Morgan fingerprint density at radius 1 is 1.03 bits per heavy atom. The summed E-state index contributed by atoms with van der Waals surface area (Å²) >= 11 is 12.5. The molecule has 4 nitrogen and oxygen atoms in total. The van der Waals surface area contributed by atoms with Crippen LogP contribution in [0.5, 0.6) is 5.75 Å². The molecule has 3 aromatic carbocycles. The van der Waals surface area contributed by atoms with E-state index < -0.39 is 0 Å². The third-order valence-corrected chi connectivity index (χ3v) is 6.63. The van der Waals surface area contributed by atoms with E-state index in [0.29, 0.717) is 27.9 Å². The van der Waals surface area contributed by atoms with Gasteiger partial charge in [0, 0.05) is 28.7 Å². The molecule has 1 aliphatic heterocycles. The molecule has 0 unspecified atom stereocenters. The quantitative estimate of drug-likeness (QED) is 0.399. The van der Waals surface area contributed by atoms with E-state index in [2.05, 4.69) is 17.1 Å². The van der Waals surface area contributed by atoms with Gasteiger partial charge in [0.05, 0.1) is 23.2 Å². The van der Waals surface area contributed by atoms with E-state index >= 15 is 0 Å². The molecule has 2 heterocycles. The molecule has 1 N–H and O–H groups in total. The van der Waals surface area contributed by atoms with Crippen molar-refractivity contribution in [3.8, 4) is 5.75 Å². The minimum absolute atomic E-state index is 0.0389. The summed E-state index contributed by atoms with van der Waals surface area (Å²) < 4.78 is 5.23. The number of aromatic amines is 1. The fourth-order valence-electron chi connectivity index (χ4n) is 4.39. The second-order valence-electron chi connectivity index (χ2n) is 7.62. The Bertz CT molecular complexity index is 1280. The van der Waals surface area contributed by atoms with E-state index in [4.69, 9.17) is 27.9 Å². The van der Waals surface area contributed by atoms with Crippen molar-refractivity contribution in [2.24, 2.45) is 0 Å². The average molecular weight is 451 g/mol. The Morgan fingerprint density at radius 2 is 1.81 bits per heavy atom. The van der Waals surface area contributed by atoms with Crippen LogP contribution in [0.3, 0.4) is 0 Å². The topological polar surface area (TPSA) is 45.3 Å². The number of aromatic nitrogens is 1. The molecule has 4 aromatic rings. The first-order valence-corrected chi connectivity index (χ1v) is 10.8. The van der Waals surface area contributed by atoms with Crippen molar-refractivity contribution in [1.29, 1.82) is 0 Å². The molecular weight excluding hydrogens is 431 g/mol. The number of nitrogens with zero attached hydrogens (tertiary/aromatic N) is 1. The van der Waals surface area contributed by atoms with Gasteiger partial charge in [0.25, 0.3) is 5.91 Å². The molecule has 0 spiro atoms. The molecule has 0 radical (unpaired) electrons. The summed E-state index contributed by atoms with van der Waals surface area (Å²) in [6.45, 7) is 0.602. The standard InChI is InChI=1S/C25H20Cl2N2O2/c1-31-17-9-6-15(7-10-17)25(30)29-13-12-19-18-4-2-3-5-22(18)28-23(19)24(29)16-8-11-20(26)21(27)14-16/h2-11,14,24,28H,12-13H2,1H3/t24-/m0/s1. The lowest BCUT2D eigenvalue weighted by atomic mass is 9.91. The molecule has 1 atom stereocenters. The first-order valence-electron chi connectivity index (χ1n) is 10.1. The number of H-pyrrole nitrogens is 1. The van der Waals surface area contributed by atoms with Gasteiger partial charge >= 0.3 is 0 Å². The predicted octanol–water partition coefficient (Wildman–Crippen LogP) is 6.27. The van der Waals surface area contributed by atoms with E-state index in [1.807, 2.05) is 29.2 Å². The maximum atomic E-state index is 13.6. The number of hydrogen-bond acceptors (Lipinski definition) is 2. The lowest BCUT2D eigenvalue weighted by Crippen LogP contribution is -2.40. The number of carbonyl (C=O) groups is 1. The van der Waals surface area contributed by atoms with E-state index in [0.717, 1.165) is 23.2 Å². The minimum Gasteiger partial charge on any atom is -0.497 e. The Morgan fingerprint density at radius 3 is 2.55 bits per heavy atom. The van der Waals surface area contributed by atoms with Crippen molar-refractivity contribution in [2.75, 3.05) is 13.7 Å². The molecule has 0 bridgehead atoms. The van der Waals surface area contributed by atoms with Crippen molar-refractivity contribution >= 4 is 40.0 Å². The largest absolute Gasteiger partial charge is 0.497 e. The monoisotopic (exact) mass is 450 g/mol. The smallest absolute Gasteiger partial charge is 0.254 e. The number of halogens is 2. The van der Waals surface area contributed by atoms with E-state index in [1.54, 1.807) is 37.4 Å². The fourth-order valence-corrected chi connectivity index (χ4v) is 4.69. The van der Waals surface area contributed by atoms with Gasteiger partial charge in [-0.25, -0.2) is 0 Å². The zero-order valence-corrected chi connectivity index (χ0v) is 18.4. The number of ether oxygens (including phenoxy) is 1. The SMILES string of the molecule is COc1ccc(C(=O)N2CCc3c([nH]c4ccccc34)[C@@H]2c2ccc(Cl)c(Cl)c2)cc1. The second kappa shape index (κ2) is 7.95. The van der Waals surface area contributed by atoms with Gasteiger partial charge in [-0.2, -0.15) is 0 Å². The maximum Gasteiger partial charge on any atom is 0.254 e. The lowest BCUT2D eigenvalue weighted by Gasteiger charge is -2.36. The summed E-state index contributed by atoms with van der Waals surface area (Å²) in [7, 11) is 1.61. The van der Waals surface area contributed by atoms with Gasteiger partial charge in [-0.15, -0.1) is 0 Å². The molecule has 6 heteroatoms. The number of carbonyl (C=O) groups excluding carboxylic acids is 1. The average Bonchev–Trinajstić information content (AvgIpc) is 3.18. The Hall–Kier alpha value is -2.95. The molecule has 31 heavy (non-hydrogen) atoms. The Balaban J connectivity index is 1.64. The van der Waals surface area contributed by atoms with Crippen LogP contribution in [0.1, 0.15) is 33.2 Å². The van der Waals surface area contributed by atoms with Crippen molar-refractivity contribution in [1.82, 2.24) is 9.88 Å². The number of para-hydroxylation sites is 1. The first-order chi connectivity index (χ1) is 15.1. The molecule has 0 fully saturated rings. The molecule has 1 aliphatic rings. The summed E-state index contributed by atoms with van der Waals surface area (Å²) in [5.74, 6) is 0.678. The van der Waals surface area contributed by atoms with Crippen molar-refractivity contribution in [3.05, 3.63) is 99.2 Å². The molecule has 0 aliphatic carbocycles. The number of amides is 1. The molecule has 156 valence electrons. The summed E-state index contributed by atoms with van der Waals surface area (Å²) in [5, 5.41) is 2.16. The third kappa shape index (κ3) is 3.46. The number of rotatable bonds is 3. The van der Waals surface area contributed by atoms with Gasteiger partial charge in [-0.3, -0.25) is 4.79 Å². The highest BCUT2D eigenvalue weighted by Gasteiger charge is 2.35. The number of benzene rings is 3. The zero-order chi connectivity index (χ0) is 21.5. The summed E-state index contributed by atoms with van der Waals surface area (Å²) in [6.07, 6.45) is 0.777. The van der Waals surface area contributed by atoms with Gasteiger partial charge < -0.3 is 14.6 Å². The van der Waals surface area contributed by atoms with Crippen molar-refractivity contribution in [3.63, 3.8) is 0 Å². The first kappa shape index (κ1) is 20.0. The summed E-state index contributed by atoms with van der Waals surface area (Å²) in [4.78, 5) is 19.0. The van der Waals surface area contributed by atoms with Crippen LogP contribution >= 0.6 is 23.2 Å². The normalized spacial score (nSPS) is 15.7. The molecular formula is C25H20Cl2N2O2. The number of fused-ring (bicyclic) bond motifs is 3. The molecule has 5 rings (SSSR count). The maximum absolute atomic E-state index is 13.6. The fraction of sp³-hybridized carbons (Fsp3) is 0.160. The minimum atomic E-state index is -0.291. The number of hydrogen-bond donors (Lipinski definition) is 1. The van der Waals surface area contributed by atoms with Gasteiger partial charge in [0.1, 0.15) is 5.75 Å². The lowest BCUT2D eigenvalue weighted by molar-refractivity contribution is 0.0692. The highest BCUT2D eigenvalue weighted by atomic mass is 35.5. The Labute approximate surface area is 190 Å². The predicted molar refractivity (Wildman–Crippen MR) is 124 cm³/mol. The van der Waals surface area contributed by atoms with Crippen LogP contribution in [-0.2, 0) is 6.42 Å². The number of nitrogens with one attached hydrogen (secondary N) is 1. The molecule has 1 amide bonds. The van der Waals surface area contributed by atoms with Crippen LogP contribution < -0.4 is 4.74 Å². The summed E-state index contributed by atoms with van der Waals surface area (Å²) in [6, 6.07) is 20.7. The Kier molecular flexibility index (Phi) is 5.12. The van der Waals surface area contributed by atoms with Crippen LogP contribution in [0.25, 0.3) is 10.9 Å². The molecule has 0 saturated carbocycles. The van der Waals surface area contributed by atoms with Gasteiger partial charge in [-0.05, 0) is 60.0 Å². The van der Waals surface area contributed by atoms with Gasteiger partial charge in [-0.1, -0.05) is 47.5 Å². The van der Waals surface area contributed by atoms with Crippen LogP contribution in [0.2, 0.25) is 10.0 Å². The van der Waals surface area contributed by atoms with E-state index in [-0.39, 0.29) is 11.9 Å². The molecule has 0 saturated heterocycles. The van der Waals surface area contributed by atoms with Crippen LogP contribution in [-0.4, -0.2) is 29.4 Å². The number of methoxy groups -OCH3 is 1. The third-order valence-electron chi connectivity index (χ3n) is 5.89. The van der Waals surface area contributed by atoms with Gasteiger partial charge in [0.2, 0.25) is 0 Å². The van der Waals surface area contributed by atoms with Crippen molar-refractivity contribution in [2.45, 2.75) is 12.5 Å². The van der Waals surface area contributed by atoms with Gasteiger partial charge in [0.15, 0.2) is 0 Å². The molecule has 1 aromatic heterocycles. The highest BCUT2D eigenvalue weighted by molar-refractivity contribution is 6.42.